The highest BCUT2D eigenvalue weighted by Gasteiger charge is 2.11. The van der Waals surface area contributed by atoms with E-state index in [4.69, 9.17) is 4.74 Å². The van der Waals surface area contributed by atoms with E-state index in [1.807, 2.05) is 59.0 Å². The Labute approximate surface area is 122 Å². The van der Waals surface area contributed by atoms with Crippen LogP contribution in [0.25, 0.3) is 5.65 Å². The standard InChI is InChI=1S/C14H9IN2O2/c15-12-13(19-10-6-2-1-3-7-10)16-11-8-4-5-9-17(11)14(12)18/h1-9H. The van der Waals surface area contributed by atoms with Crippen molar-refractivity contribution < 1.29 is 4.74 Å². The SMILES string of the molecule is O=c1c(I)c(Oc2ccccc2)nc2ccccn12. The van der Waals surface area contributed by atoms with Gasteiger partial charge < -0.3 is 4.74 Å². The summed E-state index contributed by atoms with van der Waals surface area (Å²) < 4.78 is 7.63. The first-order valence-corrected chi connectivity index (χ1v) is 6.73. The molecule has 94 valence electrons. The maximum atomic E-state index is 12.2. The maximum Gasteiger partial charge on any atom is 0.275 e. The number of para-hydroxylation sites is 1. The van der Waals surface area contributed by atoms with Crippen molar-refractivity contribution in [3.05, 3.63) is 68.7 Å². The van der Waals surface area contributed by atoms with Gasteiger partial charge in [-0.3, -0.25) is 9.20 Å². The predicted molar refractivity (Wildman–Crippen MR) is 80.7 cm³/mol. The molecule has 0 atom stereocenters. The number of fused-ring (bicyclic) bond motifs is 1. The Bertz CT molecular complexity index is 784. The van der Waals surface area contributed by atoms with E-state index in [1.54, 1.807) is 18.3 Å². The van der Waals surface area contributed by atoms with Crippen LogP contribution in [0.3, 0.4) is 0 Å². The average molecular weight is 364 g/mol. The van der Waals surface area contributed by atoms with Gasteiger partial charge >= 0.3 is 0 Å². The van der Waals surface area contributed by atoms with Gasteiger partial charge in [0.25, 0.3) is 5.56 Å². The number of aromatic nitrogens is 2. The number of hydrogen-bond donors (Lipinski definition) is 0. The molecule has 2 aromatic heterocycles. The van der Waals surface area contributed by atoms with Crippen LogP contribution in [0.15, 0.2) is 59.5 Å². The molecular formula is C14H9IN2O2. The summed E-state index contributed by atoms with van der Waals surface area (Å²) in [5.41, 5.74) is 0.441. The van der Waals surface area contributed by atoms with Crippen molar-refractivity contribution in [3.63, 3.8) is 0 Å². The summed E-state index contributed by atoms with van der Waals surface area (Å²) in [6, 6.07) is 14.7. The lowest BCUT2D eigenvalue weighted by Gasteiger charge is -2.08. The Morgan fingerprint density at radius 1 is 1.05 bits per heavy atom. The van der Waals surface area contributed by atoms with E-state index >= 15 is 0 Å². The fourth-order valence-corrected chi connectivity index (χ4v) is 2.21. The number of pyridine rings is 1. The van der Waals surface area contributed by atoms with Crippen LogP contribution in [0.5, 0.6) is 11.6 Å². The molecule has 0 unspecified atom stereocenters. The summed E-state index contributed by atoms with van der Waals surface area (Å²) in [6.07, 6.45) is 1.69. The van der Waals surface area contributed by atoms with Gasteiger partial charge in [0.05, 0.1) is 0 Å². The van der Waals surface area contributed by atoms with Crippen LogP contribution < -0.4 is 10.3 Å². The van der Waals surface area contributed by atoms with Crippen molar-refractivity contribution in [1.29, 1.82) is 0 Å². The zero-order valence-corrected chi connectivity index (χ0v) is 11.9. The largest absolute Gasteiger partial charge is 0.438 e. The second-order valence-corrected chi connectivity index (χ2v) is 4.96. The van der Waals surface area contributed by atoms with E-state index in [1.165, 1.54) is 4.40 Å². The maximum absolute atomic E-state index is 12.2. The van der Waals surface area contributed by atoms with Crippen molar-refractivity contribution in [1.82, 2.24) is 9.38 Å². The third kappa shape index (κ3) is 2.33. The number of ether oxygens (including phenoxy) is 1. The normalized spacial score (nSPS) is 10.6. The van der Waals surface area contributed by atoms with Gasteiger partial charge in [0.1, 0.15) is 15.0 Å². The Morgan fingerprint density at radius 3 is 2.58 bits per heavy atom. The molecule has 0 aliphatic heterocycles. The predicted octanol–water partition coefficient (Wildman–Crippen LogP) is 3.09. The van der Waals surface area contributed by atoms with Gasteiger partial charge in [0.2, 0.25) is 5.88 Å². The summed E-state index contributed by atoms with van der Waals surface area (Å²) in [5.74, 6) is 0.996. The molecule has 0 aliphatic rings. The molecule has 2 heterocycles. The molecule has 4 nitrogen and oxygen atoms in total. The zero-order chi connectivity index (χ0) is 13.2. The van der Waals surface area contributed by atoms with E-state index in [0.29, 0.717) is 20.8 Å². The van der Waals surface area contributed by atoms with Crippen LogP contribution in [0.2, 0.25) is 0 Å². The van der Waals surface area contributed by atoms with Gasteiger partial charge in [-0.05, 0) is 46.9 Å². The molecule has 0 amide bonds. The fraction of sp³-hybridized carbons (Fsp3) is 0. The molecule has 3 aromatic rings. The average Bonchev–Trinajstić information content (AvgIpc) is 2.46. The summed E-state index contributed by atoms with van der Waals surface area (Å²) in [5, 5.41) is 0. The highest BCUT2D eigenvalue weighted by Crippen LogP contribution is 2.22. The van der Waals surface area contributed by atoms with E-state index in [2.05, 4.69) is 4.98 Å². The molecule has 0 saturated carbocycles. The highest BCUT2D eigenvalue weighted by atomic mass is 127. The minimum absolute atomic E-state index is 0.128. The van der Waals surface area contributed by atoms with E-state index in [0.717, 1.165) is 0 Å². The first-order valence-electron chi connectivity index (χ1n) is 5.65. The molecule has 0 fully saturated rings. The number of nitrogens with zero attached hydrogens (tertiary/aromatic N) is 2. The first kappa shape index (κ1) is 12.2. The van der Waals surface area contributed by atoms with Gasteiger partial charge in [-0.1, -0.05) is 24.3 Å². The monoisotopic (exact) mass is 364 g/mol. The van der Waals surface area contributed by atoms with Crippen LogP contribution >= 0.6 is 22.6 Å². The van der Waals surface area contributed by atoms with Crippen LogP contribution in [-0.4, -0.2) is 9.38 Å². The lowest BCUT2D eigenvalue weighted by atomic mass is 10.3. The van der Waals surface area contributed by atoms with Crippen LogP contribution in [0, 0.1) is 3.57 Å². The molecule has 0 radical (unpaired) electrons. The first-order chi connectivity index (χ1) is 9.25. The van der Waals surface area contributed by atoms with Crippen molar-refractivity contribution in [2.45, 2.75) is 0 Å². The molecule has 19 heavy (non-hydrogen) atoms. The molecule has 5 heteroatoms. The molecule has 0 saturated heterocycles. The second kappa shape index (κ2) is 5.00. The quantitative estimate of drug-likeness (QED) is 0.657. The smallest absolute Gasteiger partial charge is 0.275 e. The van der Waals surface area contributed by atoms with Crippen LogP contribution in [-0.2, 0) is 0 Å². The summed E-state index contributed by atoms with van der Waals surface area (Å²) in [6.45, 7) is 0. The van der Waals surface area contributed by atoms with Gasteiger partial charge in [0, 0.05) is 6.20 Å². The summed E-state index contributed by atoms with van der Waals surface area (Å²) >= 11 is 1.96. The molecular weight excluding hydrogens is 355 g/mol. The van der Waals surface area contributed by atoms with Gasteiger partial charge in [-0.15, -0.1) is 0 Å². The molecule has 0 bridgehead atoms. The topological polar surface area (TPSA) is 43.6 Å². The van der Waals surface area contributed by atoms with Crippen molar-refractivity contribution >= 4 is 28.2 Å². The van der Waals surface area contributed by atoms with Crippen molar-refractivity contribution in [2.24, 2.45) is 0 Å². The van der Waals surface area contributed by atoms with E-state index in [9.17, 15) is 4.79 Å². The van der Waals surface area contributed by atoms with Gasteiger partial charge in [-0.25, -0.2) is 0 Å². The summed E-state index contributed by atoms with van der Waals surface area (Å²) in [4.78, 5) is 16.5. The number of hydrogen-bond acceptors (Lipinski definition) is 3. The third-order valence-corrected chi connectivity index (χ3v) is 3.53. The number of benzene rings is 1. The van der Waals surface area contributed by atoms with E-state index in [-0.39, 0.29) is 5.56 Å². The Kier molecular flexibility index (Phi) is 3.20. The van der Waals surface area contributed by atoms with Crippen LogP contribution in [0.4, 0.5) is 0 Å². The summed E-state index contributed by atoms with van der Waals surface area (Å²) in [7, 11) is 0. The van der Waals surface area contributed by atoms with Crippen LogP contribution in [0.1, 0.15) is 0 Å². The molecule has 3 rings (SSSR count). The van der Waals surface area contributed by atoms with Crippen molar-refractivity contribution in [2.75, 3.05) is 0 Å². The molecule has 0 N–H and O–H groups in total. The Hall–Kier alpha value is -1.89. The van der Waals surface area contributed by atoms with E-state index < -0.39 is 0 Å². The fourth-order valence-electron chi connectivity index (χ4n) is 1.72. The van der Waals surface area contributed by atoms with Gasteiger partial charge in [-0.2, -0.15) is 4.98 Å². The zero-order valence-electron chi connectivity index (χ0n) is 9.79. The second-order valence-electron chi connectivity index (χ2n) is 3.88. The molecule has 1 aromatic carbocycles. The van der Waals surface area contributed by atoms with Gasteiger partial charge in [0.15, 0.2) is 0 Å². The number of rotatable bonds is 2. The van der Waals surface area contributed by atoms with Crippen molar-refractivity contribution in [3.8, 4) is 11.6 Å². The Morgan fingerprint density at radius 2 is 1.79 bits per heavy atom. The Balaban J connectivity index is 2.14. The minimum atomic E-state index is -0.128. The minimum Gasteiger partial charge on any atom is -0.438 e. The third-order valence-electron chi connectivity index (χ3n) is 2.61. The molecule has 0 spiro atoms. The lowest BCUT2D eigenvalue weighted by Crippen LogP contribution is -2.18. The lowest BCUT2D eigenvalue weighted by molar-refractivity contribution is 0.458. The number of halogens is 1. The highest BCUT2D eigenvalue weighted by molar-refractivity contribution is 14.1. The molecule has 0 aliphatic carbocycles.